The predicted molar refractivity (Wildman–Crippen MR) is 61.2 cm³/mol. The van der Waals surface area contributed by atoms with Crippen LogP contribution in [-0.4, -0.2) is 21.8 Å². The van der Waals surface area contributed by atoms with Crippen molar-refractivity contribution in [3.05, 3.63) is 29.8 Å². The average molecular weight is 224 g/mol. The van der Waals surface area contributed by atoms with Gasteiger partial charge in [-0.15, -0.1) is 11.8 Å². The van der Waals surface area contributed by atoms with Gasteiger partial charge >= 0.3 is 0 Å². The Balaban J connectivity index is 2.69. The van der Waals surface area contributed by atoms with Crippen LogP contribution in [0.5, 0.6) is 5.75 Å². The number of carbonyl (C=O) groups is 1. The molecule has 1 amide bonds. The van der Waals surface area contributed by atoms with Crippen LogP contribution in [0.25, 0.3) is 0 Å². The Bertz CT molecular complexity index is 351. The Kier molecular flexibility index (Phi) is 4.17. The Morgan fingerprint density at radius 3 is 2.60 bits per heavy atom. The van der Waals surface area contributed by atoms with E-state index in [1.807, 2.05) is 0 Å². The van der Waals surface area contributed by atoms with Crippen molar-refractivity contribution < 1.29 is 9.90 Å². The van der Waals surface area contributed by atoms with Gasteiger partial charge in [-0.25, -0.2) is 0 Å². The molecule has 1 aromatic carbocycles. The summed E-state index contributed by atoms with van der Waals surface area (Å²) in [5.74, 6) is -0.245. The van der Waals surface area contributed by atoms with Gasteiger partial charge in [0.15, 0.2) is 0 Å². The molecule has 0 spiro atoms. The molecule has 0 heterocycles. The van der Waals surface area contributed by atoms with E-state index in [-0.39, 0.29) is 5.75 Å². The van der Waals surface area contributed by atoms with Crippen LogP contribution in [-0.2, 0) is 11.2 Å². The number of primary amides is 1. The zero-order valence-electron chi connectivity index (χ0n) is 8.01. The standard InChI is InChI=1S/C10H12N2O2S/c11-6-15-9(10(12)14)5-7-1-3-8(13)4-2-7/h1-4,6,9,11,13H,5H2,(H2,12,14). The maximum Gasteiger partial charge on any atom is 0.231 e. The fourth-order valence-electron chi connectivity index (χ4n) is 1.14. The minimum absolute atomic E-state index is 0.189. The van der Waals surface area contributed by atoms with E-state index in [0.717, 1.165) is 22.9 Å². The van der Waals surface area contributed by atoms with Gasteiger partial charge in [0.2, 0.25) is 5.91 Å². The first-order valence-corrected chi connectivity index (χ1v) is 5.29. The number of thioether (sulfide) groups is 1. The van der Waals surface area contributed by atoms with Gasteiger partial charge in [0.05, 0.1) is 10.8 Å². The maximum atomic E-state index is 11.0. The average Bonchev–Trinajstić information content (AvgIpc) is 2.20. The third-order valence-corrected chi connectivity index (χ3v) is 2.77. The van der Waals surface area contributed by atoms with Gasteiger partial charge < -0.3 is 16.2 Å². The van der Waals surface area contributed by atoms with Crippen molar-refractivity contribution >= 4 is 23.2 Å². The summed E-state index contributed by atoms with van der Waals surface area (Å²) < 4.78 is 0. The van der Waals surface area contributed by atoms with Crippen LogP contribution in [0.1, 0.15) is 5.56 Å². The van der Waals surface area contributed by atoms with Gasteiger partial charge in [0, 0.05) is 0 Å². The molecule has 1 atom stereocenters. The molecule has 0 saturated carbocycles. The summed E-state index contributed by atoms with van der Waals surface area (Å²) in [5, 5.41) is 15.6. The summed E-state index contributed by atoms with van der Waals surface area (Å²) in [7, 11) is 0. The van der Waals surface area contributed by atoms with Crippen LogP contribution in [0.15, 0.2) is 24.3 Å². The minimum Gasteiger partial charge on any atom is -0.508 e. The molecule has 4 N–H and O–H groups in total. The molecule has 1 rings (SSSR count). The van der Waals surface area contributed by atoms with Crippen molar-refractivity contribution in [1.29, 1.82) is 5.41 Å². The van der Waals surface area contributed by atoms with Crippen molar-refractivity contribution in [3.63, 3.8) is 0 Å². The number of hydrogen-bond acceptors (Lipinski definition) is 4. The lowest BCUT2D eigenvalue weighted by Crippen LogP contribution is -2.27. The summed E-state index contributed by atoms with van der Waals surface area (Å²) in [6.07, 6.45) is 0.468. The summed E-state index contributed by atoms with van der Waals surface area (Å²) in [6, 6.07) is 6.58. The largest absolute Gasteiger partial charge is 0.508 e. The molecule has 0 fully saturated rings. The van der Waals surface area contributed by atoms with E-state index in [0.29, 0.717) is 6.42 Å². The molecular formula is C10H12N2O2S. The normalized spacial score (nSPS) is 12.0. The molecule has 15 heavy (non-hydrogen) atoms. The van der Waals surface area contributed by atoms with E-state index < -0.39 is 11.2 Å². The third-order valence-electron chi connectivity index (χ3n) is 1.91. The first-order chi connectivity index (χ1) is 7.13. The quantitative estimate of drug-likeness (QED) is 0.517. The van der Waals surface area contributed by atoms with E-state index in [1.165, 1.54) is 0 Å². The smallest absolute Gasteiger partial charge is 0.231 e. The highest BCUT2D eigenvalue weighted by Crippen LogP contribution is 2.16. The van der Waals surface area contributed by atoms with Crippen LogP contribution < -0.4 is 5.73 Å². The topological polar surface area (TPSA) is 87.2 Å². The predicted octanol–water partition coefficient (Wildman–Crippen LogP) is 1.13. The SMILES string of the molecule is N=CSC(Cc1ccc(O)cc1)C(N)=O. The Labute approximate surface area is 92.0 Å². The molecule has 5 heteroatoms. The van der Waals surface area contributed by atoms with Crippen molar-refractivity contribution in [1.82, 2.24) is 0 Å². The second-order valence-corrected chi connectivity index (χ2v) is 4.09. The molecule has 0 radical (unpaired) electrons. The van der Waals surface area contributed by atoms with Crippen LogP contribution >= 0.6 is 11.8 Å². The number of benzene rings is 1. The minimum atomic E-state index is -0.434. The van der Waals surface area contributed by atoms with E-state index >= 15 is 0 Å². The Morgan fingerprint density at radius 2 is 2.13 bits per heavy atom. The molecule has 1 unspecified atom stereocenters. The number of aromatic hydroxyl groups is 1. The van der Waals surface area contributed by atoms with E-state index in [1.54, 1.807) is 24.3 Å². The second kappa shape index (κ2) is 5.41. The molecule has 0 aliphatic rings. The highest BCUT2D eigenvalue weighted by molar-refractivity contribution is 8.13. The Hall–Kier alpha value is -1.49. The number of phenols is 1. The van der Waals surface area contributed by atoms with Gasteiger partial charge in [-0.3, -0.25) is 4.79 Å². The number of nitrogens with two attached hydrogens (primary N) is 1. The lowest BCUT2D eigenvalue weighted by molar-refractivity contribution is -0.117. The zero-order chi connectivity index (χ0) is 11.3. The highest BCUT2D eigenvalue weighted by Gasteiger charge is 2.15. The fraction of sp³-hybridized carbons (Fsp3) is 0.200. The number of hydrogen-bond donors (Lipinski definition) is 3. The lowest BCUT2D eigenvalue weighted by atomic mass is 10.1. The van der Waals surface area contributed by atoms with Crippen LogP contribution in [0.4, 0.5) is 0 Å². The first kappa shape index (κ1) is 11.6. The van der Waals surface area contributed by atoms with Gasteiger partial charge in [0.25, 0.3) is 0 Å². The number of amides is 1. The second-order valence-electron chi connectivity index (χ2n) is 3.02. The van der Waals surface area contributed by atoms with Crippen molar-refractivity contribution in [3.8, 4) is 5.75 Å². The van der Waals surface area contributed by atoms with Crippen molar-refractivity contribution in [2.75, 3.05) is 0 Å². The molecule has 0 aliphatic carbocycles. The molecule has 0 bridgehead atoms. The number of nitrogens with one attached hydrogen (secondary N) is 1. The number of phenolic OH excluding ortho intramolecular Hbond substituents is 1. The third kappa shape index (κ3) is 3.63. The Morgan fingerprint density at radius 1 is 1.53 bits per heavy atom. The van der Waals surface area contributed by atoms with E-state index in [4.69, 9.17) is 16.2 Å². The van der Waals surface area contributed by atoms with E-state index in [2.05, 4.69) is 0 Å². The first-order valence-electron chi connectivity index (χ1n) is 4.35. The van der Waals surface area contributed by atoms with Crippen LogP contribution in [0.3, 0.4) is 0 Å². The van der Waals surface area contributed by atoms with Gasteiger partial charge in [0.1, 0.15) is 5.75 Å². The number of rotatable bonds is 5. The van der Waals surface area contributed by atoms with Crippen molar-refractivity contribution in [2.45, 2.75) is 11.7 Å². The molecule has 0 aliphatic heterocycles. The van der Waals surface area contributed by atoms with Gasteiger partial charge in [-0.1, -0.05) is 12.1 Å². The molecule has 0 saturated heterocycles. The zero-order valence-corrected chi connectivity index (χ0v) is 8.83. The van der Waals surface area contributed by atoms with Crippen molar-refractivity contribution in [2.24, 2.45) is 5.73 Å². The van der Waals surface area contributed by atoms with Gasteiger partial charge in [-0.05, 0) is 24.1 Å². The molecular weight excluding hydrogens is 212 g/mol. The molecule has 80 valence electrons. The molecule has 0 aromatic heterocycles. The molecule has 4 nitrogen and oxygen atoms in total. The highest BCUT2D eigenvalue weighted by atomic mass is 32.2. The maximum absolute atomic E-state index is 11.0. The lowest BCUT2D eigenvalue weighted by Gasteiger charge is -2.09. The monoisotopic (exact) mass is 224 g/mol. The van der Waals surface area contributed by atoms with E-state index in [9.17, 15) is 4.79 Å². The summed E-state index contributed by atoms with van der Waals surface area (Å²) in [4.78, 5) is 11.0. The van der Waals surface area contributed by atoms with Crippen LogP contribution in [0, 0.1) is 5.41 Å². The summed E-state index contributed by atoms with van der Waals surface area (Å²) >= 11 is 1.09. The molecule has 1 aromatic rings. The van der Waals surface area contributed by atoms with Gasteiger partial charge in [-0.2, -0.15) is 0 Å². The summed E-state index contributed by atoms with van der Waals surface area (Å²) in [5.41, 5.74) is 7.20. The fourth-order valence-corrected chi connectivity index (χ4v) is 1.73. The van der Waals surface area contributed by atoms with Crippen LogP contribution in [0.2, 0.25) is 0 Å². The number of carbonyl (C=O) groups excluding carboxylic acids is 1. The summed E-state index contributed by atoms with van der Waals surface area (Å²) in [6.45, 7) is 0.